The number of aromatic nitrogens is 6. The highest BCUT2D eigenvalue weighted by Crippen LogP contribution is 2.35. The molecule has 0 bridgehead atoms. The average Bonchev–Trinajstić information content (AvgIpc) is 0.883. The summed E-state index contributed by atoms with van der Waals surface area (Å²) in [4.78, 5) is 26.0. The van der Waals surface area contributed by atoms with Crippen LogP contribution in [0.1, 0.15) is 130 Å². The van der Waals surface area contributed by atoms with Crippen molar-refractivity contribution in [1.29, 1.82) is 15.8 Å². The normalized spacial score (nSPS) is 27.5. The summed E-state index contributed by atoms with van der Waals surface area (Å²) in [6.07, 6.45) is -13.3. The summed E-state index contributed by atoms with van der Waals surface area (Å²) >= 11 is 20.7. The molecule has 9 heterocycles. The van der Waals surface area contributed by atoms with Gasteiger partial charge in [0, 0.05) is 98.7 Å². The van der Waals surface area contributed by atoms with Crippen LogP contribution in [0.15, 0.2) is 91.5 Å². The van der Waals surface area contributed by atoms with Gasteiger partial charge in [-0.2, -0.15) is 15.8 Å². The molecule has 3 aliphatic heterocycles. The molecule has 6 aromatic heterocycles. The van der Waals surface area contributed by atoms with Crippen molar-refractivity contribution in [3.05, 3.63) is 155 Å². The minimum atomic E-state index is -3.08. The van der Waals surface area contributed by atoms with E-state index in [1.54, 1.807) is 13.0 Å². The summed E-state index contributed by atoms with van der Waals surface area (Å²) in [6, 6.07) is -2.22. The lowest BCUT2D eigenvalue weighted by Gasteiger charge is -2.32. The summed E-state index contributed by atoms with van der Waals surface area (Å²) < 4.78 is 282. The van der Waals surface area contributed by atoms with E-state index >= 15 is 0 Å². The van der Waals surface area contributed by atoms with Gasteiger partial charge in [0.2, 0.25) is 0 Å². The molecule has 0 radical (unpaired) electrons. The van der Waals surface area contributed by atoms with E-state index in [-0.39, 0.29) is 130 Å². The number of hydrogen-bond acceptors (Lipinski definition) is 18. The van der Waals surface area contributed by atoms with Gasteiger partial charge < -0.3 is 15.9 Å². The first kappa shape index (κ1) is 29.6. The van der Waals surface area contributed by atoms with Gasteiger partial charge in [0.1, 0.15) is 53.6 Å². The number of anilines is 3. The van der Waals surface area contributed by atoms with Gasteiger partial charge in [0.05, 0.1) is 80.5 Å². The molecule has 2 unspecified atom stereocenters. The maximum atomic E-state index is 9.43. The van der Waals surface area contributed by atoms with Crippen LogP contribution in [0.3, 0.4) is 0 Å². The Hall–Kier alpha value is -6.60. The third-order valence-corrected chi connectivity index (χ3v) is 14.6. The Bertz CT molecular complexity index is 5470. The monoisotopic (exact) mass is 1220 g/mol. The number of aryl methyl sites for hydroxylation is 3. The van der Waals surface area contributed by atoms with E-state index in [0.29, 0.717) is 31.5 Å². The minimum Gasteiger partial charge on any atom is -0.367 e. The van der Waals surface area contributed by atoms with Crippen molar-refractivity contribution < 1.29 is 45.4 Å². The molecule has 3 fully saturated rings. The van der Waals surface area contributed by atoms with Crippen molar-refractivity contribution in [2.75, 3.05) is 55.1 Å². The van der Waals surface area contributed by atoms with Gasteiger partial charge in [0.25, 0.3) is 0 Å². The standard InChI is InChI=1S/3C20H20ClN5S/c3*1-13-2-3-14(8-15(13)10-22)11-26-6-4-16(5-7-26)25-19-17-9-18(21)27-20(17)24-12-23-19/h3*2-3,8-9,12,16H,4-7,11H2,1H3,(H,23,24,25)/i3D,6D2,7D2,8D,9D,11D,12D,16D;3D,4D2,5D2,8D,9D,11D2,12D,16D;3D,4D2,5D2,8D,9D,11D,16D/hD3. The topological polar surface area (TPSA) is 195 Å². The number of hydrogen-bond donors (Lipinski definition) is 3. The zero-order chi connectivity index (χ0) is 85.7. The number of fused-ring (bicyclic) bond motifs is 3. The molecule has 3 N–H and O–H groups in total. The highest BCUT2D eigenvalue weighted by Gasteiger charge is 2.24. The molecule has 0 spiro atoms. The van der Waals surface area contributed by atoms with Crippen LogP contribution in [0.5, 0.6) is 0 Å². The van der Waals surface area contributed by atoms with Crippen molar-refractivity contribution in [2.24, 2.45) is 0 Å². The molecule has 0 amide bonds. The van der Waals surface area contributed by atoms with Crippen LogP contribution < -0.4 is 15.9 Å². The molecule has 0 saturated carbocycles. The zero-order valence-electron chi connectivity index (χ0n) is 75.3. The Kier molecular flexibility index (Phi) is 9.86. The van der Waals surface area contributed by atoms with Crippen LogP contribution in [0.25, 0.3) is 30.6 Å². The minimum absolute atomic E-state index is 0.00657. The number of piperidine rings is 3. The summed E-state index contributed by atoms with van der Waals surface area (Å²) in [7, 11) is 0. The highest BCUT2D eigenvalue weighted by molar-refractivity contribution is 7.23. The van der Waals surface area contributed by atoms with Gasteiger partial charge >= 0.3 is 0 Å². The average molecular weight is 1230 g/mol. The molecule has 12 rings (SSSR count). The fourth-order valence-electron chi connectivity index (χ4n) is 7.28. The van der Waals surface area contributed by atoms with Crippen LogP contribution in [0.4, 0.5) is 17.5 Å². The molecule has 21 heteroatoms. The van der Waals surface area contributed by atoms with Gasteiger partial charge in [-0.1, -0.05) is 71.1 Å². The molecule has 15 nitrogen and oxygen atoms in total. The second-order valence-corrected chi connectivity index (χ2v) is 21.8. The molecule has 0 aliphatic carbocycles. The number of likely N-dealkylation sites (tertiary alicyclic amines) is 3. The SMILES string of the molecule is [2H]c1cc(C)c(C#N)c([2H])c1C([2H])N1CC([2H])([2H])C([2H])(N([2H])c2ncnc3sc(Cl)c([2H])c23)C([2H])([2H])C1.[2H]c1nc(N([2H])C2([2H])C([2H])([2H])CN(C([2H])([2H])c3c([2H])cc(C)c(C#N)c3[2H])CC2([2H])[2H])c2c([2H])c(Cl)sc2n1.[2H]c1nc(N([2H])C2([2H])CC([2H])([2H])N(C([2H])c3c([2H])cc(C)c(C#N)c3[2H])C([2H])([2H])C2)c2c([2H])c(Cl)sc2n1. The summed E-state index contributed by atoms with van der Waals surface area (Å²) in [5.74, 6) is -1.29. The zero-order valence-corrected chi connectivity index (χ0v) is 47.0. The second kappa shape index (κ2) is 27.0. The van der Waals surface area contributed by atoms with Gasteiger partial charge in [-0.3, -0.25) is 14.7 Å². The molecule has 81 heavy (non-hydrogen) atoms. The lowest BCUT2D eigenvalue weighted by molar-refractivity contribution is 0.211. The maximum Gasteiger partial charge on any atom is 0.162 e. The molecule has 3 aromatic carbocycles. The van der Waals surface area contributed by atoms with E-state index in [2.05, 4.69) is 29.9 Å². The van der Waals surface area contributed by atoms with Crippen molar-refractivity contribution in [1.82, 2.24) is 44.6 Å². The Balaban J connectivity index is 0.000000181. The van der Waals surface area contributed by atoms with Crippen molar-refractivity contribution in [2.45, 2.75) is 96.7 Å². The first-order chi connectivity index (χ1) is 52.3. The molecular weight excluding hydrogens is 1130 g/mol. The van der Waals surface area contributed by atoms with Crippen LogP contribution in [-0.4, -0.2) is 102 Å². The quantitative estimate of drug-likeness (QED) is 0.104. The molecule has 3 aliphatic rings. The van der Waals surface area contributed by atoms with Crippen molar-refractivity contribution in [3.63, 3.8) is 0 Å². The lowest BCUT2D eigenvalue weighted by atomic mass is 10.0. The van der Waals surface area contributed by atoms with Gasteiger partial charge in [-0.05, 0) is 129 Å². The molecule has 414 valence electrons. The van der Waals surface area contributed by atoms with E-state index < -0.39 is 157 Å². The van der Waals surface area contributed by atoms with E-state index in [4.69, 9.17) is 80.2 Å². The maximum absolute atomic E-state index is 9.43. The number of nitrogens with zero attached hydrogens (tertiary/aromatic N) is 12. The molecule has 2 atom stereocenters. The summed E-state index contributed by atoms with van der Waals surface area (Å²) in [6.45, 7) is -10.5. The highest BCUT2D eigenvalue weighted by atomic mass is 35.5. The number of halogens is 3. The number of thiophene rings is 3. The number of nitriles is 3. The Morgan fingerprint density at radius 1 is 0.568 bits per heavy atom. The van der Waals surface area contributed by atoms with Gasteiger partial charge in [-0.25, -0.2) is 29.9 Å². The number of nitrogens with one attached hydrogen (secondary N) is 3. The third kappa shape index (κ3) is 14.9. The third-order valence-electron chi connectivity index (χ3n) is 11.3. The predicted molar refractivity (Wildman–Crippen MR) is 331 cm³/mol. The summed E-state index contributed by atoms with van der Waals surface area (Å²) in [5.41, 5.74) is -0.444. The lowest BCUT2D eigenvalue weighted by Crippen LogP contribution is -2.38. The fraction of sp³-hybridized carbons (Fsp3) is 0.350. The van der Waals surface area contributed by atoms with E-state index in [0.717, 1.165) is 45.2 Å². The number of benzene rings is 3. The summed E-state index contributed by atoms with van der Waals surface area (Å²) in [5, 5.41) is 29.0. The number of rotatable bonds is 12. The Labute approximate surface area is 545 Å². The first-order valence-corrected chi connectivity index (χ1v) is 27.2. The van der Waals surface area contributed by atoms with Crippen LogP contribution >= 0.6 is 68.8 Å². The Morgan fingerprint density at radius 2 is 0.963 bits per heavy atom. The van der Waals surface area contributed by atoms with Crippen molar-refractivity contribution in [3.8, 4) is 18.2 Å². The largest absolute Gasteiger partial charge is 0.367 e. The smallest absolute Gasteiger partial charge is 0.162 e. The fourth-order valence-corrected chi connectivity index (χ4v) is 10.2. The van der Waals surface area contributed by atoms with E-state index in [1.165, 1.54) is 32.0 Å². The van der Waals surface area contributed by atoms with Crippen LogP contribution in [0.2, 0.25) is 17.2 Å². The molecule has 3 saturated heterocycles. The Morgan fingerprint density at radius 3 is 1.43 bits per heavy atom. The molecular formula is C60H60Cl3N15S3. The van der Waals surface area contributed by atoms with Crippen molar-refractivity contribution >= 4 is 117 Å². The second-order valence-electron chi connectivity index (χ2n) is 17.0. The molecule has 9 aromatic rings. The predicted octanol–water partition coefficient (Wildman–Crippen LogP) is 13.8. The van der Waals surface area contributed by atoms with Crippen LogP contribution in [-0.2, 0) is 19.5 Å². The van der Waals surface area contributed by atoms with E-state index in [9.17, 15) is 15.8 Å². The van der Waals surface area contributed by atoms with Gasteiger partial charge in [-0.15, -0.1) is 34.0 Å². The van der Waals surface area contributed by atoms with Crippen LogP contribution in [0, 0.1) is 54.8 Å². The van der Waals surface area contributed by atoms with Gasteiger partial charge in [0.15, 0.2) is 4.24 Å². The van der Waals surface area contributed by atoms with E-state index in [1.807, 2.05) is 12.1 Å². The first-order valence-electron chi connectivity index (χ1n) is 40.1.